The van der Waals surface area contributed by atoms with Gasteiger partial charge in [-0.15, -0.1) is 0 Å². The number of aromatic hydroxyl groups is 1. The van der Waals surface area contributed by atoms with E-state index in [2.05, 4.69) is 18.2 Å². The van der Waals surface area contributed by atoms with Crippen molar-refractivity contribution in [2.24, 2.45) is 0 Å². The molecule has 1 nitrogen and oxygen atoms in total. The minimum Gasteiger partial charge on any atom is -0.508 e. The molecule has 0 unspecified atom stereocenters. The van der Waals surface area contributed by atoms with Crippen LogP contribution in [0.3, 0.4) is 0 Å². The van der Waals surface area contributed by atoms with Crippen molar-refractivity contribution >= 4 is 27.6 Å². The van der Waals surface area contributed by atoms with Crippen molar-refractivity contribution in [3.05, 3.63) is 59.6 Å². The van der Waals surface area contributed by atoms with Crippen LogP contribution in [0.4, 0.5) is 0 Å². The van der Waals surface area contributed by atoms with Crippen molar-refractivity contribution < 1.29 is 6.48 Å². The third-order valence-electron chi connectivity index (χ3n) is 3.68. The molecule has 0 aliphatic heterocycles. The molecule has 18 heavy (non-hydrogen) atoms. The van der Waals surface area contributed by atoms with Gasteiger partial charge in [0.05, 0.1) is 1.37 Å². The molecule has 0 amide bonds. The Balaban J connectivity index is 2.12. The van der Waals surface area contributed by atoms with Gasteiger partial charge in [-0.25, -0.2) is 0 Å². The predicted octanol–water partition coefficient (Wildman–Crippen LogP) is 4.27. The van der Waals surface area contributed by atoms with E-state index in [1.54, 1.807) is 12.1 Å². The fourth-order valence-electron chi connectivity index (χ4n) is 2.81. The van der Waals surface area contributed by atoms with Gasteiger partial charge < -0.3 is 5.11 Å². The lowest BCUT2D eigenvalue weighted by Crippen LogP contribution is -1.86. The molecule has 0 saturated heterocycles. The standard InChI is InChI=1S/C17H12O/c18-13-6-9-15-12(10-13)5-8-16-14-3-1-2-11(14)4-7-17(15)16/h1-2,4-10,18H,3H2/i1D. The second-order valence-corrected chi connectivity index (χ2v) is 4.72. The van der Waals surface area contributed by atoms with Crippen LogP contribution >= 0.6 is 0 Å². The lowest BCUT2D eigenvalue weighted by molar-refractivity contribution is 0.476. The second kappa shape index (κ2) is 3.36. The summed E-state index contributed by atoms with van der Waals surface area (Å²) >= 11 is 0. The highest BCUT2D eigenvalue weighted by Crippen LogP contribution is 2.33. The van der Waals surface area contributed by atoms with Gasteiger partial charge in [0.25, 0.3) is 0 Å². The zero-order valence-electron chi connectivity index (χ0n) is 10.8. The van der Waals surface area contributed by atoms with Gasteiger partial charge in [0.15, 0.2) is 0 Å². The molecule has 0 spiro atoms. The molecule has 1 N–H and O–H groups in total. The second-order valence-electron chi connectivity index (χ2n) is 4.72. The average Bonchev–Trinajstić information content (AvgIpc) is 2.78. The summed E-state index contributed by atoms with van der Waals surface area (Å²) in [6.45, 7) is 0. The van der Waals surface area contributed by atoms with Crippen molar-refractivity contribution in [2.75, 3.05) is 0 Å². The molecule has 0 fully saturated rings. The number of hydrogen-bond acceptors (Lipinski definition) is 1. The first kappa shape index (κ1) is 8.76. The summed E-state index contributed by atoms with van der Waals surface area (Å²) in [5, 5.41) is 14.2. The fraction of sp³-hybridized carbons (Fsp3) is 0.0588. The number of phenolic OH excluding ortho intramolecular Hbond substituents is 1. The Kier molecular flexibility index (Phi) is 1.63. The molecule has 0 bridgehead atoms. The van der Waals surface area contributed by atoms with E-state index in [1.807, 2.05) is 18.2 Å². The van der Waals surface area contributed by atoms with Gasteiger partial charge in [0, 0.05) is 0 Å². The molecule has 1 aliphatic rings. The largest absolute Gasteiger partial charge is 0.508 e. The fourth-order valence-corrected chi connectivity index (χ4v) is 2.81. The van der Waals surface area contributed by atoms with Gasteiger partial charge >= 0.3 is 0 Å². The topological polar surface area (TPSA) is 20.2 Å². The normalized spacial score (nSPS) is 14.7. The van der Waals surface area contributed by atoms with Crippen molar-refractivity contribution in [1.29, 1.82) is 0 Å². The van der Waals surface area contributed by atoms with E-state index in [1.165, 1.54) is 16.3 Å². The van der Waals surface area contributed by atoms with Crippen LogP contribution in [0.1, 0.15) is 12.5 Å². The van der Waals surface area contributed by atoms with Crippen LogP contribution in [0.25, 0.3) is 27.6 Å². The molecule has 0 atom stereocenters. The van der Waals surface area contributed by atoms with Gasteiger partial charge in [0.1, 0.15) is 5.75 Å². The Morgan fingerprint density at radius 1 is 0.944 bits per heavy atom. The van der Waals surface area contributed by atoms with E-state index in [0.717, 1.165) is 22.8 Å². The van der Waals surface area contributed by atoms with E-state index >= 15 is 0 Å². The third kappa shape index (κ3) is 1.22. The predicted molar refractivity (Wildman–Crippen MR) is 75.9 cm³/mol. The first-order valence-corrected chi connectivity index (χ1v) is 6.07. The van der Waals surface area contributed by atoms with Crippen LogP contribution in [0.2, 0.25) is 0 Å². The van der Waals surface area contributed by atoms with Crippen LogP contribution < -0.4 is 0 Å². The highest BCUT2D eigenvalue weighted by atomic mass is 16.3. The highest BCUT2D eigenvalue weighted by molar-refractivity contribution is 6.09. The monoisotopic (exact) mass is 233 g/mol. The molecule has 0 heterocycles. The number of phenols is 1. The molecular formula is C17H12O. The average molecular weight is 233 g/mol. The summed E-state index contributed by atoms with van der Waals surface area (Å²) in [5.41, 5.74) is 2.41. The van der Waals surface area contributed by atoms with Crippen molar-refractivity contribution in [1.82, 2.24) is 0 Å². The molecule has 3 aromatic carbocycles. The van der Waals surface area contributed by atoms with Crippen LogP contribution in [0, 0.1) is 0 Å². The maximum atomic E-state index is 9.56. The summed E-state index contributed by atoms with van der Waals surface area (Å²) in [6.07, 6.45) is 2.66. The summed E-state index contributed by atoms with van der Waals surface area (Å²) in [5.74, 6) is 0.295. The Labute approximate surface area is 106 Å². The zero-order valence-corrected chi connectivity index (χ0v) is 9.77. The Bertz CT molecular complexity index is 862. The molecule has 1 aliphatic carbocycles. The Morgan fingerprint density at radius 2 is 1.78 bits per heavy atom. The van der Waals surface area contributed by atoms with Gasteiger partial charge in [0.2, 0.25) is 0 Å². The van der Waals surface area contributed by atoms with Gasteiger partial charge in [-0.2, -0.15) is 0 Å². The van der Waals surface area contributed by atoms with Gasteiger partial charge in [-0.05, 0) is 51.2 Å². The van der Waals surface area contributed by atoms with Gasteiger partial charge in [-0.3, -0.25) is 0 Å². The first-order chi connectivity index (χ1) is 9.22. The summed E-state index contributed by atoms with van der Waals surface area (Å²) in [6, 6.07) is 14.5. The zero-order chi connectivity index (χ0) is 13.0. The molecule has 4 rings (SSSR count). The molecule has 86 valence electrons. The number of hydrogen-bond donors (Lipinski definition) is 1. The third-order valence-corrected chi connectivity index (χ3v) is 3.68. The van der Waals surface area contributed by atoms with E-state index in [4.69, 9.17) is 1.37 Å². The highest BCUT2D eigenvalue weighted by Gasteiger charge is 2.10. The van der Waals surface area contributed by atoms with Crippen molar-refractivity contribution in [3.63, 3.8) is 0 Å². The van der Waals surface area contributed by atoms with Crippen LogP contribution in [0.5, 0.6) is 5.75 Å². The summed E-state index contributed by atoms with van der Waals surface area (Å²) in [7, 11) is 0. The molecule has 1 heteroatoms. The SMILES string of the molecule is [2H]C1=Cc2ccc3c(ccc4cc(O)ccc43)c2C1. The Hall–Kier alpha value is -2.28. The van der Waals surface area contributed by atoms with Crippen LogP contribution in [0.15, 0.2) is 48.5 Å². The molecule has 3 aromatic rings. The van der Waals surface area contributed by atoms with E-state index in [-0.39, 0.29) is 0 Å². The lowest BCUT2D eigenvalue weighted by atomic mass is 9.96. The minimum absolute atomic E-state index is 0.295. The molecule has 0 saturated carbocycles. The summed E-state index contributed by atoms with van der Waals surface area (Å²) in [4.78, 5) is 0. The van der Waals surface area contributed by atoms with Crippen molar-refractivity contribution in [3.8, 4) is 5.75 Å². The van der Waals surface area contributed by atoms with Crippen LogP contribution in [-0.4, -0.2) is 5.11 Å². The quantitative estimate of drug-likeness (QED) is 0.575. The lowest BCUT2D eigenvalue weighted by Gasteiger charge is -2.09. The smallest absolute Gasteiger partial charge is 0.116 e. The molecule has 0 aromatic heterocycles. The Morgan fingerprint density at radius 3 is 2.72 bits per heavy atom. The van der Waals surface area contributed by atoms with Gasteiger partial charge in [-0.1, -0.05) is 42.5 Å². The summed E-state index contributed by atoms with van der Waals surface area (Å²) < 4.78 is 7.81. The minimum atomic E-state index is 0.295. The van der Waals surface area contributed by atoms with Crippen LogP contribution in [-0.2, 0) is 6.42 Å². The maximum absolute atomic E-state index is 9.56. The number of rotatable bonds is 0. The van der Waals surface area contributed by atoms with E-state index < -0.39 is 0 Å². The number of allylic oxidation sites excluding steroid dienone is 1. The van der Waals surface area contributed by atoms with E-state index in [0.29, 0.717) is 11.8 Å². The number of benzene rings is 3. The van der Waals surface area contributed by atoms with Crippen molar-refractivity contribution in [2.45, 2.75) is 6.42 Å². The van der Waals surface area contributed by atoms with E-state index in [9.17, 15) is 5.11 Å². The maximum Gasteiger partial charge on any atom is 0.116 e. The number of fused-ring (bicyclic) bond motifs is 5. The molecular weight excluding hydrogens is 220 g/mol. The molecule has 0 radical (unpaired) electrons. The first-order valence-electron chi connectivity index (χ1n) is 6.57.